The second-order valence-electron chi connectivity index (χ2n) is 3.32. The molecule has 0 aliphatic heterocycles. The van der Waals surface area contributed by atoms with E-state index in [1.807, 2.05) is 0 Å². The maximum atomic E-state index is 5.90. The monoisotopic (exact) mass is 233 g/mol. The zero-order chi connectivity index (χ0) is 8.97. The van der Waals surface area contributed by atoms with Gasteiger partial charge in [0.15, 0.2) is 0 Å². The lowest BCUT2D eigenvalue weighted by molar-refractivity contribution is 0.0311. The predicted octanol–water partition coefficient (Wildman–Crippen LogP) is 2.18. The third kappa shape index (κ3) is 3.25. The summed E-state index contributed by atoms with van der Waals surface area (Å²) < 4.78 is 6.47. The van der Waals surface area contributed by atoms with Gasteiger partial charge in [-0.15, -0.1) is 0 Å². The Labute approximate surface area is 82.3 Å². The molecule has 0 aromatic heterocycles. The van der Waals surface area contributed by atoms with Gasteiger partial charge in [-0.2, -0.15) is 0 Å². The second kappa shape index (κ2) is 5.00. The molecule has 3 heteroatoms. The van der Waals surface area contributed by atoms with Crippen LogP contribution in [-0.2, 0) is 4.74 Å². The lowest BCUT2D eigenvalue weighted by Crippen LogP contribution is -2.39. The highest BCUT2D eigenvalue weighted by molar-refractivity contribution is 9.11. The average Bonchev–Trinajstić information content (AvgIpc) is 2.03. The summed E-state index contributed by atoms with van der Waals surface area (Å²) in [6.07, 6.45) is 4.93. The van der Waals surface area contributed by atoms with Crippen LogP contribution >= 0.6 is 15.9 Å². The number of hydrogen-bond donors (Lipinski definition) is 1. The molecule has 1 fully saturated rings. The molecule has 1 rings (SSSR count). The van der Waals surface area contributed by atoms with Gasteiger partial charge >= 0.3 is 0 Å². The van der Waals surface area contributed by atoms with Crippen molar-refractivity contribution in [2.75, 3.05) is 6.61 Å². The van der Waals surface area contributed by atoms with Crippen molar-refractivity contribution in [2.45, 2.75) is 37.8 Å². The van der Waals surface area contributed by atoms with Gasteiger partial charge in [0.2, 0.25) is 0 Å². The number of hydrogen-bond acceptors (Lipinski definition) is 2. The molecule has 0 bridgehead atoms. The van der Waals surface area contributed by atoms with Crippen molar-refractivity contribution < 1.29 is 4.74 Å². The van der Waals surface area contributed by atoms with Gasteiger partial charge < -0.3 is 10.5 Å². The predicted molar refractivity (Wildman–Crippen MR) is 54.3 cm³/mol. The molecule has 0 heterocycles. The van der Waals surface area contributed by atoms with Crippen LogP contribution in [0.25, 0.3) is 0 Å². The van der Waals surface area contributed by atoms with Crippen molar-refractivity contribution in [2.24, 2.45) is 5.73 Å². The maximum absolute atomic E-state index is 5.90. The largest absolute Gasteiger partial charge is 0.371 e. The zero-order valence-electron chi connectivity index (χ0n) is 7.26. The molecule has 0 radical (unpaired) electrons. The highest BCUT2D eigenvalue weighted by atomic mass is 79.9. The fraction of sp³-hybridized carbons (Fsp3) is 0.778. The first kappa shape index (κ1) is 10.2. The average molecular weight is 234 g/mol. The number of halogens is 1. The van der Waals surface area contributed by atoms with Crippen molar-refractivity contribution in [1.82, 2.24) is 0 Å². The van der Waals surface area contributed by atoms with Crippen LogP contribution in [0.4, 0.5) is 0 Å². The number of ether oxygens (including phenoxy) is 1. The van der Waals surface area contributed by atoms with Gasteiger partial charge in [-0.05, 0) is 12.8 Å². The first-order chi connectivity index (χ1) is 5.70. The van der Waals surface area contributed by atoms with Gasteiger partial charge in [0, 0.05) is 10.5 Å². The topological polar surface area (TPSA) is 35.2 Å². The summed E-state index contributed by atoms with van der Waals surface area (Å²) >= 11 is 3.26. The Hall–Kier alpha value is 0.140. The van der Waals surface area contributed by atoms with E-state index in [2.05, 4.69) is 22.5 Å². The fourth-order valence-corrected chi connectivity index (χ4v) is 1.66. The minimum Gasteiger partial charge on any atom is -0.371 e. The summed E-state index contributed by atoms with van der Waals surface area (Å²) in [6, 6.07) is 0.227. The van der Waals surface area contributed by atoms with Crippen molar-refractivity contribution in [3.63, 3.8) is 0 Å². The minimum atomic E-state index is 0.227. The van der Waals surface area contributed by atoms with E-state index in [0.717, 1.165) is 17.3 Å². The highest BCUT2D eigenvalue weighted by Crippen LogP contribution is 2.20. The number of nitrogens with two attached hydrogens (primary N) is 1. The molecule has 0 aromatic rings. The third-order valence-electron chi connectivity index (χ3n) is 2.21. The van der Waals surface area contributed by atoms with E-state index in [-0.39, 0.29) is 12.1 Å². The van der Waals surface area contributed by atoms with Crippen LogP contribution in [0.15, 0.2) is 11.1 Å². The molecule has 1 saturated carbocycles. The van der Waals surface area contributed by atoms with Crippen LogP contribution in [0, 0.1) is 0 Å². The molecular formula is C9H16BrNO. The number of rotatable bonds is 3. The lowest BCUT2D eigenvalue weighted by Gasteiger charge is -2.28. The van der Waals surface area contributed by atoms with Gasteiger partial charge in [-0.1, -0.05) is 35.4 Å². The third-order valence-corrected chi connectivity index (χ3v) is 2.44. The van der Waals surface area contributed by atoms with E-state index >= 15 is 0 Å². The Morgan fingerprint density at radius 2 is 2.17 bits per heavy atom. The smallest absolute Gasteiger partial charge is 0.0780 e. The van der Waals surface area contributed by atoms with E-state index in [9.17, 15) is 0 Å². The Morgan fingerprint density at radius 3 is 2.75 bits per heavy atom. The van der Waals surface area contributed by atoms with Gasteiger partial charge in [-0.3, -0.25) is 0 Å². The van der Waals surface area contributed by atoms with Crippen LogP contribution in [0.1, 0.15) is 25.7 Å². The standard InChI is InChI=1S/C9H16BrNO/c1-7(10)6-12-9-5-3-2-4-8(9)11/h8-9H,1-6,11H2. The van der Waals surface area contributed by atoms with Crippen molar-refractivity contribution in [3.8, 4) is 0 Å². The van der Waals surface area contributed by atoms with Crippen molar-refractivity contribution in [3.05, 3.63) is 11.1 Å². The molecule has 0 aromatic carbocycles. The first-order valence-electron chi connectivity index (χ1n) is 4.40. The Morgan fingerprint density at radius 1 is 1.50 bits per heavy atom. The molecule has 2 unspecified atom stereocenters. The van der Waals surface area contributed by atoms with Crippen LogP contribution < -0.4 is 5.73 Å². The molecule has 2 nitrogen and oxygen atoms in total. The van der Waals surface area contributed by atoms with Crippen LogP contribution in [-0.4, -0.2) is 18.8 Å². The summed E-state index contributed by atoms with van der Waals surface area (Å²) in [5, 5.41) is 0. The molecule has 70 valence electrons. The molecule has 0 saturated heterocycles. The van der Waals surface area contributed by atoms with Crippen molar-refractivity contribution in [1.29, 1.82) is 0 Å². The second-order valence-corrected chi connectivity index (χ2v) is 4.44. The maximum Gasteiger partial charge on any atom is 0.0780 e. The zero-order valence-corrected chi connectivity index (χ0v) is 8.85. The Bertz CT molecular complexity index is 161. The molecule has 1 aliphatic rings. The molecular weight excluding hydrogens is 218 g/mol. The van der Waals surface area contributed by atoms with Gasteiger partial charge in [-0.25, -0.2) is 0 Å². The van der Waals surface area contributed by atoms with Crippen LogP contribution in [0.3, 0.4) is 0 Å². The van der Waals surface area contributed by atoms with Crippen molar-refractivity contribution >= 4 is 15.9 Å². The SMILES string of the molecule is C=C(Br)COC1CCCCC1N. The van der Waals surface area contributed by atoms with E-state index < -0.39 is 0 Å². The quantitative estimate of drug-likeness (QED) is 0.812. The van der Waals surface area contributed by atoms with Gasteiger partial charge in [0.1, 0.15) is 0 Å². The summed E-state index contributed by atoms with van der Waals surface area (Å²) in [4.78, 5) is 0. The summed E-state index contributed by atoms with van der Waals surface area (Å²) in [7, 11) is 0. The first-order valence-corrected chi connectivity index (χ1v) is 5.20. The summed E-state index contributed by atoms with van der Waals surface area (Å²) in [5.74, 6) is 0. The van der Waals surface area contributed by atoms with Gasteiger partial charge in [0.25, 0.3) is 0 Å². The molecule has 0 spiro atoms. The fourth-order valence-electron chi connectivity index (χ4n) is 1.53. The van der Waals surface area contributed by atoms with E-state index in [4.69, 9.17) is 10.5 Å². The molecule has 2 atom stereocenters. The van der Waals surface area contributed by atoms with E-state index in [1.54, 1.807) is 0 Å². The van der Waals surface area contributed by atoms with Gasteiger partial charge in [0.05, 0.1) is 12.7 Å². The minimum absolute atomic E-state index is 0.227. The molecule has 0 amide bonds. The Kier molecular flexibility index (Phi) is 4.26. The lowest BCUT2D eigenvalue weighted by atomic mass is 9.93. The highest BCUT2D eigenvalue weighted by Gasteiger charge is 2.21. The van der Waals surface area contributed by atoms with E-state index in [0.29, 0.717) is 6.61 Å². The molecule has 12 heavy (non-hydrogen) atoms. The van der Waals surface area contributed by atoms with E-state index in [1.165, 1.54) is 12.8 Å². The summed E-state index contributed by atoms with van der Waals surface area (Å²) in [6.45, 7) is 4.30. The molecule has 2 N–H and O–H groups in total. The molecule has 1 aliphatic carbocycles. The Balaban J connectivity index is 2.24. The summed E-state index contributed by atoms with van der Waals surface area (Å²) in [5.41, 5.74) is 5.90. The normalized spacial score (nSPS) is 30.2. The van der Waals surface area contributed by atoms with Crippen LogP contribution in [0.2, 0.25) is 0 Å². The van der Waals surface area contributed by atoms with Crippen LogP contribution in [0.5, 0.6) is 0 Å².